The first-order valence-corrected chi connectivity index (χ1v) is 5.55. The molecule has 2 rings (SSSR count). The highest BCUT2D eigenvalue weighted by Crippen LogP contribution is 2.26. The van der Waals surface area contributed by atoms with Gasteiger partial charge in [0.25, 0.3) is 0 Å². The largest absolute Gasteiger partial charge is 0.144 e. The van der Waals surface area contributed by atoms with Gasteiger partial charge in [-0.15, -0.1) is 11.3 Å². The van der Waals surface area contributed by atoms with Crippen LogP contribution in [0.15, 0.2) is 53.9 Å². The zero-order chi connectivity index (χ0) is 9.80. The molecule has 0 unspecified atom stereocenters. The van der Waals surface area contributed by atoms with E-state index in [1.807, 2.05) is 6.07 Å². The number of benzene rings is 1. The van der Waals surface area contributed by atoms with Crippen LogP contribution in [-0.2, 0) is 0 Å². The summed E-state index contributed by atoms with van der Waals surface area (Å²) in [6, 6.07) is 14.7. The van der Waals surface area contributed by atoms with E-state index >= 15 is 0 Å². The Morgan fingerprint density at radius 2 is 1.86 bits per heavy atom. The second kappa shape index (κ2) is 4.25. The van der Waals surface area contributed by atoms with Crippen LogP contribution < -0.4 is 0 Å². The van der Waals surface area contributed by atoms with E-state index in [0.717, 1.165) is 0 Å². The van der Waals surface area contributed by atoms with Gasteiger partial charge in [0.05, 0.1) is 0 Å². The van der Waals surface area contributed by atoms with Crippen molar-refractivity contribution in [2.45, 2.75) is 6.92 Å². The van der Waals surface area contributed by atoms with E-state index in [4.69, 9.17) is 0 Å². The molecule has 1 heterocycles. The van der Waals surface area contributed by atoms with E-state index in [9.17, 15) is 0 Å². The van der Waals surface area contributed by atoms with Gasteiger partial charge in [-0.3, -0.25) is 0 Å². The van der Waals surface area contributed by atoms with Crippen LogP contribution in [-0.4, -0.2) is 0 Å². The van der Waals surface area contributed by atoms with Gasteiger partial charge < -0.3 is 0 Å². The average molecular weight is 200 g/mol. The molecular weight excluding hydrogens is 188 g/mol. The summed E-state index contributed by atoms with van der Waals surface area (Å²) in [7, 11) is 0. The molecule has 1 heteroatoms. The maximum atomic E-state index is 2.17. The van der Waals surface area contributed by atoms with Crippen molar-refractivity contribution in [3.63, 3.8) is 0 Å². The van der Waals surface area contributed by atoms with Crippen molar-refractivity contribution in [3.8, 4) is 0 Å². The lowest BCUT2D eigenvalue weighted by Crippen LogP contribution is -1.82. The third-order valence-corrected chi connectivity index (χ3v) is 3.06. The molecule has 0 N–H and O–H groups in total. The fourth-order valence-electron chi connectivity index (χ4n) is 1.50. The summed E-state index contributed by atoms with van der Waals surface area (Å²) in [4.78, 5) is 1.33. The minimum absolute atomic E-state index is 1.29. The molecule has 2 aromatic rings. The fraction of sp³-hybridized carbons (Fsp3) is 0.0769. The number of rotatable bonds is 2. The molecule has 0 aliphatic carbocycles. The summed E-state index contributed by atoms with van der Waals surface area (Å²) in [5.41, 5.74) is 2.61. The Hall–Kier alpha value is -1.34. The molecule has 0 saturated carbocycles. The van der Waals surface area contributed by atoms with Crippen LogP contribution in [0.2, 0.25) is 0 Å². The monoisotopic (exact) mass is 200 g/mol. The van der Waals surface area contributed by atoms with Crippen LogP contribution in [0.25, 0.3) is 5.57 Å². The Morgan fingerprint density at radius 1 is 1.07 bits per heavy atom. The Labute approximate surface area is 88.5 Å². The highest BCUT2D eigenvalue weighted by atomic mass is 32.1. The van der Waals surface area contributed by atoms with Gasteiger partial charge in [0.1, 0.15) is 0 Å². The van der Waals surface area contributed by atoms with Gasteiger partial charge in [-0.25, -0.2) is 0 Å². The van der Waals surface area contributed by atoms with Crippen LogP contribution in [0.4, 0.5) is 0 Å². The van der Waals surface area contributed by atoms with E-state index in [2.05, 4.69) is 54.8 Å². The van der Waals surface area contributed by atoms with E-state index in [0.29, 0.717) is 0 Å². The van der Waals surface area contributed by atoms with Crippen molar-refractivity contribution in [2.75, 3.05) is 0 Å². The molecule has 14 heavy (non-hydrogen) atoms. The second-order valence-corrected chi connectivity index (χ2v) is 3.99. The van der Waals surface area contributed by atoms with E-state index in [-0.39, 0.29) is 0 Å². The molecule has 0 saturated heterocycles. The van der Waals surface area contributed by atoms with Crippen molar-refractivity contribution >= 4 is 16.9 Å². The summed E-state index contributed by atoms with van der Waals surface area (Å²) in [6.07, 6.45) is 2.17. The lowest BCUT2D eigenvalue weighted by atomic mass is 10.0. The topological polar surface area (TPSA) is 0 Å². The first-order chi connectivity index (χ1) is 6.92. The summed E-state index contributed by atoms with van der Waals surface area (Å²) in [5.74, 6) is 0. The minimum Gasteiger partial charge on any atom is -0.144 e. The molecular formula is C13H12S. The summed E-state index contributed by atoms with van der Waals surface area (Å²) < 4.78 is 0. The molecule has 1 aromatic heterocycles. The van der Waals surface area contributed by atoms with Crippen LogP contribution in [0.3, 0.4) is 0 Å². The summed E-state index contributed by atoms with van der Waals surface area (Å²) in [5, 5.41) is 2.11. The fourth-order valence-corrected chi connectivity index (χ4v) is 2.32. The Balaban J connectivity index is 2.43. The number of hydrogen-bond donors (Lipinski definition) is 0. The van der Waals surface area contributed by atoms with Crippen LogP contribution in [0.5, 0.6) is 0 Å². The third kappa shape index (κ3) is 1.78. The van der Waals surface area contributed by atoms with Gasteiger partial charge in [-0.2, -0.15) is 0 Å². The second-order valence-electron chi connectivity index (χ2n) is 3.05. The smallest absolute Gasteiger partial charge is 0.0345 e. The zero-order valence-electron chi connectivity index (χ0n) is 8.10. The highest BCUT2D eigenvalue weighted by molar-refractivity contribution is 7.11. The summed E-state index contributed by atoms with van der Waals surface area (Å²) in [6.45, 7) is 2.09. The van der Waals surface area contributed by atoms with Gasteiger partial charge in [-0.05, 0) is 29.5 Å². The minimum atomic E-state index is 1.29. The highest BCUT2D eigenvalue weighted by Gasteiger charge is 2.02. The number of allylic oxidation sites excluding steroid dienone is 1. The molecule has 0 aliphatic heterocycles. The van der Waals surface area contributed by atoms with Crippen LogP contribution >= 0.6 is 11.3 Å². The molecule has 0 bridgehead atoms. The Morgan fingerprint density at radius 3 is 2.43 bits per heavy atom. The van der Waals surface area contributed by atoms with E-state index < -0.39 is 0 Å². The Kier molecular flexibility index (Phi) is 2.80. The maximum absolute atomic E-state index is 2.17. The standard InChI is InChI=1S/C13H12S/c1-2-12(13-9-6-10-14-13)11-7-4-3-5-8-11/h2-10H,1H3/b12-2-. The molecule has 0 fully saturated rings. The van der Waals surface area contributed by atoms with Crippen molar-refractivity contribution in [3.05, 3.63) is 64.4 Å². The predicted octanol–water partition coefficient (Wildman–Crippen LogP) is 4.20. The average Bonchev–Trinajstić information content (AvgIpc) is 2.74. The molecule has 1 aromatic carbocycles. The predicted molar refractivity (Wildman–Crippen MR) is 63.5 cm³/mol. The molecule has 0 nitrogen and oxygen atoms in total. The zero-order valence-corrected chi connectivity index (χ0v) is 8.92. The van der Waals surface area contributed by atoms with Crippen LogP contribution in [0, 0.1) is 0 Å². The van der Waals surface area contributed by atoms with E-state index in [1.54, 1.807) is 11.3 Å². The SMILES string of the molecule is C/C=C(/c1ccccc1)c1cccs1. The molecule has 0 spiro atoms. The number of hydrogen-bond acceptors (Lipinski definition) is 1. The quantitative estimate of drug-likeness (QED) is 0.681. The maximum Gasteiger partial charge on any atom is 0.0345 e. The third-order valence-electron chi connectivity index (χ3n) is 2.16. The Bertz CT molecular complexity index is 410. The van der Waals surface area contributed by atoms with Crippen LogP contribution in [0.1, 0.15) is 17.4 Å². The molecule has 0 amide bonds. The lowest BCUT2D eigenvalue weighted by Gasteiger charge is -2.03. The van der Waals surface area contributed by atoms with Gasteiger partial charge in [0, 0.05) is 4.88 Å². The number of thiophene rings is 1. The van der Waals surface area contributed by atoms with Gasteiger partial charge in [0.2, 0.25) is 0 Å². The first kappa shape index (κ1) is 9.22. The summed E-state index contributed by atoms with van der Waals surface area (Å²) >= 11 is 1.78. The van der Waals surface area contributed by atoms with Crippen molar-refractivity contribution in [1.82, 2.24) is 0 Å². The van der Waals surface area contributed by atoms with Crippen molar-refractivity contribution in [2.24, 2.45) is 0 Å². The van der Waals surface area contributed by atoms with Gasteiger partial charge >= 0.3 is 0 Å². The van der Waals surface area contributed by atoms with Crippen molar-refractivity contribution < 1.29 is 0 Å². The van der Waals surface area contributed by atoms with Gasteiger partial charge in [0.15, 0.2) is 0 Å². The van der Waals surface area contributed by atoms with Crippen molar-refractivity contribution in [1.29, 1.82) is 0 Å². The molecule has 0 atom stereocenters. The molecule has 0 radical (unpaired) electrons. The normalized spacial score (nSPS) is 11.6. The first-order valence-electron chi connectivity index (χ1n) is 4.67. The van der Waals surface area contributed by atoms with E-state index in [1.165, 1.54) is 16.0 Å². The molecule has 0 aliphatic rings. The lowest BCUT2D eigenvalue weighted by molar-refractivity contribution is 1.58. The molecule has 70 valence electrons. The van der Waals surface area contributed by atoms with Gasteiger partial charge in [-0.1, -0.05) is 42.5 Å².